The highest BCUT2D eigenvalue weighted by Gasteiger charge is 2.17. The molecule has 4 aromatic carbocycles. The van der Waals surface area contributed by atoms with Crippen LogP contribution in [-0.2, 0) is 0 Å². The maximum absolute atomic E-state index is 9.26. The molecule has 4 heteroatoms. The monoisotopic (exact) mass is 363 g/mol. The van der Waals surface area contributed by atoms with Crippen LogP contribution in [0.3, 0.4) is 0 Å². The van der Waals surface area contributed by atoms with E-state index >= 15 is 0 Å². The fourth-order valence-electron chi connectivity index (χ4n) is 3.70. The van der Waals surface area contributed by atoms with E-state index in [9.17, 15) is 5.02 Å². The number of hydrogen-bond acceptors (Lipinski definition) is 3. The largest absolute Gasteiger partial charge is 0.569 e. The third kappa shape index (κ3) is 2.75. The number of rotatable bonds is 4. The zero-order valence-electron chi connectivity index (χ0n) is 15.0. The smallest absolute Gasteiger partial charge is 0.535 e. The molecule has 0 amide bonds. The van der Waals surface area contributed by atoms with Crippen molar-refractivity contribution < 1.29 is 14.1 Å². The first-order valence-corrected chi connectivity index (χ1v) is 9.08. The van der Waals surface area contributed by atoms with E-state index in [1.54, 1.807) is 0 Å². The standard InChI is InChI=1S/C24H16BO3/c26-25-28-22-15-18(16-8-3-1-4-9-16)14-20-23-19(17-10-5-2-6-11-17)12-7-13-21(23)27-24(20)22/h1-15,26H. The van der Waals surface area contributed by atoms with Crippen LogP contribution in [0.1, 0.15) is 0 Å². The lowest BCUT2D eigenvalue weighted by molar-refractivity contribution is 0.451. The van der Waals surface area contributed by atoms with Crippen molar-refractivity contribution in [3.05, 3.63) is 91.0 Å². The molecule has 133 valence electrons. The van der Waals surface area contributed by atoms with Gasteiger partial charge in [0.1, 0.15) is 11.3 Å². The first-order valence-electron chi connectivity index (χ1n) is 9.08. The van der Waals surface area contributed by atoms with Crippen molar-refractivity contribution >= 4 is 29.6 Å². The van der Waals surface area contributed by atoms with Crippen molar-refractivity contribution in [2.45, 2.75) is 0 Å². The summed E-state index contributed by atoms with van der Waals surface area (Å²) in [6, 6.07) is 30.4. The van der Waals surface area contributed by atoms with Crippen LogP contribution >= 0.6 is 0 Å². The molecule has 1 aromatic heterocycles. The van der Waals surface area contributed by atoms with Gasteiger partial charge in [0.2, 0.25) is 0 Å². The van der Waals surface area contributed by atoms with Gasteiger partial charge in [-0.2, -0.15) is 0 Å². The van der Waals surface area contributed by atoms with Crippen molar-refractivity contribution in [1.82, 2.24) is 0 Å². The Balaban J connectivity index is 1.86. The van der Waals surface area contributed by atoms with Crippen LogP contribution in [0.2, 0.25) is 0 Å². The highest BCUT2D eigenvalue weighted by molar-refractivity contribution is 6.19. The van der Waals surface area contributed by atoms with Crippen molar-refractivity contribution in [3.63, 3.8) is 0 Å². The van der Waals surface area contributed by atoms with E-state index in [1.807, 2.05) is 66.7 Å². The molecule has 28 heavy (non-hydrogen) atoms. The van der Waals surface area contributed by atoms with Crippen molar-refractivity contribution in [1.29, 1.82) is 0 Å². The Morgan fingerprint density at radius 2 is 1.43 bits per heavy atom. The normalized spacial score (nSPS) is 11.0. The molecule has 0 unspecified atom stereocenters. The van der Waals surface area contributed by atoms with E-state index < -0.39 is 0 Å². The predicted molar refractivity (Wildman–Crippen MR) is 113 cm³/mol. The molecule has 0 aliphatic rings. The summed E-state index contributed by atoms with van der Waals surface area (Å²) in [4.78, 5) is 0. The van der Waals surface area contributed by atoms with Crippen LogP contribution in [0.15, 0.2) is 95.4 Å². The van der Waals surface area contributed by atoms with E-state index in [1.165, 1.54) is 0 Å². The molecule has 1 radical (unpaired) electrons. The second-order valence-corrected chi connectivity index (χ2v) is 6.59. The molecule has 5 rings (SSSR count). The second kappa shape index (κ2) is 6.91. The lowest BCUT2D eigenvalue weighted by Crippen LogP contribution is -2.00. The van der Waals surface area contributed by atoms with Crippen LogP contribution in [0, 0.1) is 0 Å². The van der Waals surface area contributed by atoms with Crippen LogP contribution in [0.25, 0.3) is 44.2 Å². The minimum absolute atomic E-state index is 0.481. The third-order valence-electron chi connectivity index (χ3n) is 4.93. The average Bonchev–Trinajstić information content (AvgIpc) is 3.14. The van der Waals surface area contributed by atoms with Gasteiger partial charge in [-0.1, -0.05) is 72.8 Å². The second-order valence-electron chi connectivity index (χ2n) is 6.59. The molecular formula is C24H16BO3. The minimum atomic E-state index is 0.481. The van der Waals surface area contributed by atoms with Gasteiger partial charge in [0.15, 0.2) is 5.58 Å². The Kier molecular flexibility index (Phi) is 4.11. The van der Waals surface area contributed by atoms with E-state index in [0.29, 0.717) is 19.0 Å². The lowest BCUT2D eigenvalue weighted by atomic mass is 9.97. The highest BCUT2D eigenvalue weighted by atomic mass is 16.5. The average molecular weight is 363 g/mol. The molecule has 0 spiro atoms. The zero-order valence-corrected chi connectivity index (χ0v) is 15.0. The topological polar surface area (TPSA) is 42.6 Å². The van der Waals surface area contributed by atoms with Crippen molar-refractivity contribution in [3.8, 4) is 28.0 Å². The summed E-state index contributed by atoms with van der Waals surface area (Å²) >= 11 is 0. The third-order valence-corrected chi connectivity index (χ3v) is 4.93. The Hall–Kier alpha value is -3.50. The van der Waals surface area contributed by atoms with Gasteiger partial charge in [0.05, 0.1) is 0 Å². The highest BCUT2D eigenvalue weighted by Crippen LogP contribution is 2.42. The van der Waals surface area contributed by atoms with Gasteiger partial charge in [0, 0.05) is 10.8 Å². The molecule has 0 saturated heterocycles. The summed E-state index contributed by atoms with van der Waals surface area (Å²) in [7, 11) is 0.689. The van der Waals surface area contributed by atoms with Crippen LogP contribution in [-0.4, -0.2) is 12.7 Å². The van der Waals surface area contributed by atoms with Gasteiger partial charge in [-0.05, 0) is 40.5 Å². The quantitative estimate of drug-likeness (QED) is 0.409. The van der Waals surface area contributed by atoms with Gasteiger partial charge in [-0.3, -0.25) is 0 Å². The molecule has 0 aliphatic heterocycles. The summed E-state index contributed by atoms with van der Waals surface area (Å²) < 4.78 is 11.5. The summed E-state index contributed by atoms with van der Waals surface area (Å²) in [5.74, 6) is 0.481. The Bertz CT molecular complexity index is 1260. The molecule has 3 nitrogen and oxygen atoms in total. The molecule has 5 aromatic rings. The maximum atomic E-state index is 9.26. The lowest BCUT2D eigenvalue weighted by Gasteiger charge is -2.08. The fraction of sp³-hybridized carbons (Fsp3) is 0. The van der Waals surface area contributed by atoms with Gasteiger partial charge in [0.25, 0.3) is 0 Å². The van der Waals surface area contributed by atoms with Crippen LogP contribution in [0.4, 0.5) is 0 Å². The minimum Gasteiger partial charge on any atom is -0.535 e. The molecular weight excluding hydrogens is 347 g/mol. The Labute approximate surface area is 163 Å². The molecule has 1 N–H and O–H groups in total. The summed E-state index contributed by atoms with van der Waals surface area (Å²) in [5, 5.41) is 11.2. The Morgan fingerprint density at radius 1 is 0.714 bits per heavy atom. The molecule has 0 fully saturated rings. The molecule has 0 saturated carbocycles. The van der Waals surface area contributed by atoms with Gasteiger partial charge >= 0.3 is 7.69 Å². The number of benzene rings is 4. The van der Waals surface area contributed by atoms with E-state index in [4.69, 9.17) is 9.07 Å². The number of fused-ring (bicyclic) bond motifs is 3. The molecule has 0 atom stereocenters. The van der Waals surface area contributed by atoms with E-state index in [-0.39, 0.29) is 0 Å². The summed E-state index contributed by atoms with van der Waals surface area (Å²) in [5.41, 5.74) is 5.68. The first kappa shape index (κ1) is 16.7. The van der Waals surface area contributed by atoms with Crippen molar-refractivity contribution in [2.24, 2.45) is 0 Å². The first-order chi connectivity index (χ1) is 13.8. The van der Waals surface area contributed by atoms with Gasteiger partial charge in [-0.15, -0.1) is 0 Å². The van der Waals surface area contributed by atoms with Gasteiger partial charge < -0.3 is 14.1 Å². The zero-order chi connectivity index (χ0) is 18.9. The number of hydrogen-bond donors (Lipinski definition) is 1. The summed E-state index contributed by atoms with van der Waals surface area (Å²) in [6.07, 6.45) is 0. The number of furan rings is 1. The Morgan fingerprint density at radius 3 is 2.14 bits per heavy atom. The van der Waals surface area contributed by atoms with Crippen LogP contribution < -0.4 is 4.65 Å². The predicted octanol–water partition coefficient (Wildman–Crippen LogP) is 5.83. The van der Waals surface area contributed by atoms with Gasteiger partial charge in [-0.25, -0.2) is 0 Å². The SMILES string of the molecule is O[B]Oc1cc(-c2ccccc2)cc2c1oc1cccc(-c3ccccc3)c12. The van der Waals surface area contributed by atoms with Crippen LogP contribution in [0.5, 0.6) is 5.75 Å². The molecule has 0 aliphatic carbocycles. The van der Waals surface area contributed by atoms with Crippen molar-refractivity contribution in [2.75, 3.05) is 0 Å². The molecule has 1 heterocycles. The summed E-state index contributed by atoms with van der Waals surface area (Å²) in [6.45, 7) is 0. The fourth-order valence-corrected chi connectivity index (χ4v) is 3.70. The van der Waals surface area contributed by atoms with E-state index in [0.717, 1.165) is 38.6 Å². The van der Waals surface area contributed by atoms with E-state index in [2.05, 4.69) is 24.3 Å². The molecule has 0 bridgehead atoms. The maximum Gasteiger partial charge on any atom is 0.569 e.